The van der Waals surface area contributed by atoms with Gasteiger partial charge in [0.2, 0.25) is 0 Å². The number of amides is 1. The van der Waals surface area contributed by atoms with Gasteiger partial charge in [0.1, 0.15) is 5.75 Å². The van der Waals surface area contributed by atoms with Crippen LogP contribution >= 0.6 is 0 Å². The molecule has 2 unspecified atom stereocenters. The van der Waals surface area contributed by atoms with Gasteiger partial charge in [-0.15, -0.1) is 0 Å². The fourth-order valence-electron chi connectivity index (χ4n) is 3.31. The van der Waals surface area contributed by atoms with E-state index in [9.17, 15) is 13.2 Å². The third kappa shape index (κ3) is 5.00. The lowest BCUT2D eigenvalue weighted by atomic mass is 10.0. The van der Waals surface area contributed by atoms with Crippen LogP contribution in [-0.4, -0.2) is 49.4 Å². The Kier molecular flexibility index (Phi) is 6.72. The predicted octanol–water partition coefficient (Wildman–Crippen LogP) is 3.31. The van der Waals surface area contributed by atoms with E-state index in [1.807, 2.05) is 26.0 Å². The molecule has 0 saturated carbocycles. The molecule has 2 atom stereocenters. The Morgan fingerprint density at radius 2 is 2.00 bits per heavy atom. The average molecular weight is 382 g/mol. The van der Waals surface area contributed by atoms with Crippen LogP contribution in [0.2, 0.25) is 0 Å². The summed E-state index contributed by atoms with van der Waals surface area (Å²) in [6, 6.07) is 5.84. The first-order chi connectivity index (χ1) is 12.1. The van der Waals surface area contributed by atoms with E-state index in [4.69, 9.17) is 4.74 Å². The van der Waals surface area contributed by atoms with Crippen LogP contribution in [0.15, 0.2) is 18.2 Å². The molecule has 1 saturated heterocycles. The van der Waals surface area contributed by atoms with Crippen molar-refractivity contribution in [3.05, 3.63) is 29.3 Å². The number of aryl methyl sites for hydroxylation is 1. The molecule has 0 aliphatic carbocycles. The molecule has 1 aliphatic heterocycles. The molecule has 1 aromatic carbocycles. The maximum atomic E-state index is 13.0. The second kappa shape index (κ2) is 8.42. The molecule has 0 aromatic heterocycles. The second-order valence-corrected chi connectivity index (χ2v) is 9.76. The van der Waals surface area contributed by atoms with Crippen LogP contribution in [0.5, 0.6) is 5.75 Å². The van der Waals surface area contributed by atoms with Gasteiger partial charge < -0.3 is 9.64 Å². The third-order valence-electron chi connectivity index (χ3n) is 4.93. The van der Waals surface area contributed by atoms with Crippen molar-refractivity contribution in [2.45, 2.75) is 65.5 Å². The summed E-state index contributed by atoms with van der Waals surface area (Å²) in [5.74, 6) is 1.18. The molecule has 1 aliphatic rings. The predicted molar refractivity (Wildman–Crippen MR) is 104 cm³/mol. The van der Waals surface area contributed by atoms with Crippen LogP contribution < -0.4 is 4.74 Å². The van der Waals surface area contributed by atoms with E-state index in [-0.39, 0.29) is 23.5 Å². The standard InChI is InChI=1S/C20H31NO4S/c1-6-10-21(18-9-11-26(23,24)13-18)20(22)16(5)25-19-12-17(14(2)3)8-7-15(19)4/h7-8,12,14,16,18H,6,9-11,13H2,1-5H3. The normalized spacial score (nSPS) is 20.2. The van der Waals surface area contributed by atoms with Crippen molar-refractivity contribution < 1.29 is 17.9 Å². The second-order valence-electron chi connectivity index (χ2n) is 7.53. The van der Waals surface area contributed by atoms with Crippen molar-refractivity contribution in [3.8, 4) is 5.75 Å². The number of sulfone groups is 1. The van der Waals surface area contributed by atoms with E-state index in [1.165, 1.54) is 0 Å². The summed E-state index contributed by atoms with van der Waals surface area (Å²) >= 11 is 0. The fraction of sp³-hybridized carbons (Fsp3) is 0.650. The molecule has 1 amide bonds. The summed E-state index contributed by atoms with van der Waals surface area (Å²) in [6.07, 6.45) is 0.658. The monoisotopic (exact) mass is 381 g/mol. The molecule has 1 fully saturated rings. The first kappa shape index (κ1) is 20.7. The maximum Gasteiger partial charge on any atom is 0.263 e. The minimum atomic E-state index is -3.03. The van der Waals surface area contributed by atoms with Gasteiger partial charge in [-0.25, -0.2) is 8.42 Å². The van der Waals surface area contributed by atoms with Crippen LogP contribution in [0.1, 0.15) is 57.6 Å². The van der Waals surface area contributed by atoms with Crippen LogP contribution in [-0.2, 0) is 14.6 Å². The number of rotatable bonds is 7. The summed E-state index contributed by atoms with van der Waals surface area (Å²) in [4.78, 5) is 14.7. The Bertz CT molecular complexity index is 742. The number of hydrogen-bond donors (Lipinski definition) is 0. The van der Waals surface area contributed by atoms with Crippen molar-refractivity contribution in [1.82, 2.24) is 4.90 Å². The van der Waals surface area contributed by atoms with Gasteiger partial charge in [0.25, 0.3) is 5.91 Å². The summed E-state index contributed by atoms with van der Waals surface area (Å²) in [7, 11) is -3.03. The Balaban J connectivity index is 2.15. The Labute approximate surface area is 157 Å². The van der Waals surface area contributed by atoms with Crippen molar-refractivity contribution in [1.29, 1.82) is 0 Å². The Hall–Kier alpha value is -1.56. The van der Waals surface area contributed by atoms with Gasteiger partial charge in [0.15, 0.2) is 15.9 Å². The lowest BCUT2D eigenvalue weighted by Crippen LogP contribution is -2.47. The van der Waals surface area contributed by atoms with E-state index >= 15 is 0 Å². The van der Waals surface area contributed by atoms with Gasteiger partial charge in [-0.1, -0.05) is 32.9 Å². The van der Waals surface area contributed by atoms with Crippen LogP contribution in [0.4, 0.5) is 0 Å². The topological polar surface area (TPSA) is 63.7 Å². The van der Waals surface area contributed by atoms with E-state index in [1.54, 1.807) is 11.8 Å². The van der Waals surface area contributed by atoms with Gasteiger partial charge in [-0.2, -0.15) is 0 Å². The summed E-state index contributed by atoms with van der Waals surface area (Å²) in [5, 5.41) is 0. The molecular formula is C20H31NO4S. The van der Waals surface area contributed by atoms with Crippen molar-refractivity contribution >= 4 is 15.7 Å². The lowest BCUT2D eigenvalue weighted by molar-refractivity contribution is -0.140. The third-order valence-corrected chi connectivity index (χ3v) is 6.68. The molecule has 26 heavy (non-hydrogen) atoms. The SMILES string of the molecule is CCCN(C(=O)C(C)Oc1cc(C(C)C)ccc1C)C1CCS(=O)(=O)C1. The van der Waals surface area contributed by atoms with E-state index < -0.39 is 15.9 Å². The Morgan fingerprint density at radius 1 is 1.31 bits per heavy atom. The highest BCUT2D eigenvalue weighted by Gasteiger charge is 2.36. The fourth-order valence-corrected chi connectivity index (χ4v) is 5.04. The van der Waals surface area contributed by atoms with Crippen LogP contribution in [0.3, 0.4) is 0 Å². The summed E-state index contributed by atoms with van der Waals surface area (Å²) in [6.45, 7) is 10.5. The van der Waals surface area contributed by atoms with Gasteiger partial charge in [-0.05, 0) is 49.8 Å². The molecule has 146 valence electrons. The molecule has 0 N–H and O–H groups in total. The minimum absolute atomic E-state index is 0.0628. The summed E-state index contributed by atoms with van der Waals surface area (Å²) < 4.78 is 29.6. The quantitative estimate of drug-likeness (QED) is 0.727. The van der Waals surface area contributed by atoms with E-state index in [2.05, 4.69) is 19.9 Å². The number of nitrogens with zero attached hydrogens (tertiary/aromatic N) is 1. The molecule has 2 rings (SSSR count). The average Bonchev–Trinajstić information content (AvgIpc) is 2.93. The lowest BCUT2D eigenvalue weighted by Gasteiger charge is -2.30. The number of carbonyl (C=O) groups excluding carboxylic acids is 1. The zero-order valence-corrected chi connectivity index (χ0v) is 17.3. The molecule has 0 radical (unpaired) electrons. The van der Waals surface area contributed by atoms with Gasteiger partial charge >= 0.3 is 0 Å². The molecule has 0 bridgehead atoms. The van der Waals surface area contributed by atoms with Crippen molar-refractivity contribution in [3.63, 3.8) is 0 Å². The van der Waals surface area contributed by atoms with E-state index in [0.717, 1.165) is 17.5 Å². The number of ether oxygens (including phenoxy) is 1. The van der Waals surface area contributed by atoms with Gasteiger partial charge in [0, 0.05) is 12.6 Å². The van der Waals surface area contributed by atoms with Crippen LogP contribution in [0.25, 0.3) is 0 Å². The van der Waals surface area contributed by atoms with E-state index in [0.29, 0.717) is 24.6 Å². The molecule has 6 heteroatoms. The van der Waals surface area contributed by atoms with Crippen LogP contribution in [0, 0.1) is 6.92 Å². The number of carbonyl (C=O) groups is 1. The first-order valence-corrected chi connectivity index (χ1v) is 11.2. The molecule has 1 heterocycles. The number of hydrogen-bond acceptors (Lipinski definition) is 4. The highest BCUT2D eigenvalue weighted by Crippen LogP contribution is 2.26. The summed E-state index contributed by atoms with van der Waals surface area (Å²) in [5.41, 5.74) is 2.15. The highest BCUT2D eigenvalue weighted by molar-refractivity contribution is 7.91. The minimum Gasteiger partial charge on any atom is -0.481 e. The zero-order chi connectivity index (χ0) is 19.5. The van der Waals surface area contributed by atoms with Crippen molar-refractivity contribution in [2.24, 2.45) is 0 Å². The zero-order valence-electron chi connectivity index (χ0n) is 16.5. The smallest absolute Gasteiger partial charge is 0.263 e. The van der Waals surface area contributed by atoms with Gasteiger partial charge in [-0.3, -0.25) is 4.79 Å². The van der Waals surface area contributed by atoms with Crippen molar-refractivity contribution in [2.75, 3.05) is 18.1 Å². The number of benzene rings is 1. The van der Waals surface area contributed by atoms with Gasteiger partial charge in [0.05, 0.1) is 11.5 Å². The molecule has 5 nitrogen and oxygen atoms in total. The highest BCUT2D eigenvalue weighted by atomic mass is 32.2. The molecule has 0 spiro atoms. The Morgan fingerprint density at radius 3 is 2.54 bits per heavy atom. The first-order valence-electron chi connectivity index (χ1n) is 9.42. The molecular weight excluding hydrogens is 350 g/mol. The maximum absolute atomic E-state index is 13.0. The molecule has 1 aromatic rings. The largest absolute Gasteiger partial charge is 0.481 e.